The maximum Gasteiger partial charge on any atom is 0.338 e. The molecule has 1 N–H and O–H groups in total. The molecule has 0 heterocycles. The van der Waals surface area contributed by atoms with Gasteiger partial charge in [-0.05, 0) is 68.6 Å². The summed E-state index contributed by atoms with van der Waals surface area (Å²) in [5, 5.41) is 8.87. The normalized spacial score (nSPS) is 20.6. The molecule has 1 aliphatic rings. The number of carboxylic acids is 1. The van der Waals surface area contributed by atoms with Gasteiger partial charge in [0.1, 0.15) is 5.82 Å². The Morgan fingerprint density at radius 1 is 1.20 bits per heavy atom. The van der Waals surface area contributed by atoms with Gasteiger partial charge in [0.15, 0.2) is 0 Å². The third-order valence-corrected chi connectivity index (χ3v) is 5.25. The number of benzene rings is 1. The lowest BCUT2D eigenvalue weighted by Gasteiger charge is -2.28. The summed E-state index contributed by atoms with van der Waals surface area (Å²) in [6.07, 6.45) is 11.9. The van der Waals surface area contributed by atoms with Crippen molar-refractivity contribution >= 4 is 5.97 Å². The van der Waals surface area contributed by atoms with Crippen molar-refractivity contribution in [3.05, 3.63) is 35.1 Å². The van der Waals surface area contributed by atoms with Crippen LogP contribution in [-0.4, -0.2) is 23.8 Å². The van der Waals surface area contributed by atoms with Gasteiger partial charge in [-0.2, -0.15) is 0 Å². The zero-order chi connectivity index (χ0) is 18.1. The summed E-state index contributed by atoms with van der Waals surface area (Å²) in [5.74, 6) is -1.18. The Morgan fingerprint density at radius 2 is 1.96 bits per heavy atom. The largest absolute Gasteiger partial charge is 0.478 e. The number of halogens is 1. The number of aromatic carboxylic acids is 1. The van der Waals surface area contributed by atoms with E-state index in [9.17, 15) is 9.18 Å². The topological polar surface area (TPSA) is 46.5 Å². The van der Waals surface area contributed by atoms with Crippen molar-refractivity contribution in [2.75, 3.05) is 6.61 Å². The van der Waals surface area contributed by atoms with Crippen LogP contribution >= 0.6 is 0 Å². The molecule has 2 rings (SSSR count). The quantitative estimate of drug-likeness (QED) is 0.558. The first-order valence-corrected chi connectivity index (χ1v) is 9.73. The van der Waals surface area contributed by atoms with Crippen molar-refractivity contribution < 1.29 is 19.0 Å². The third-order valence-electron chi connectivity index (χ3n) is 5.25. The van der Waals surface area contributed by atoms with Gasteiger partial charge in [-0.3, -0.25) is 0 Å². The second-order valence-corrected chi connectivity index (χ2v) is 7.23. The van der Waals surface area contributed by atoms with E-state index < -0.39 is 11.8 Å². The number of carboxylic acid groups (broad SMARTS) is 1. The number of hydrogen-bond acceptors (Lipinski definition) is 2. The monoisotopic (exact) mass is 350 g/mol. The number of hydrogen-bond donors (Lipinski definition) is 1. The lowest BCUT2D eigenvalue weighted by Crippen LogP contribution is -2.22. The van der Waals surface area contributed by atoms with Gasteiger partial charge in [0, 0.05) is 6.61 Å². The summed E-state index contributed by atoms with van der Waals surface area (Å²) < 4.78 is 19.7. The van der Waals surface area contributed by atoms with E-state index in [1.807, 2.05) is 0 Å². The molecule has 0 spiro atoms. The van der Waals surface area contributed by atoms with Crippen molar-refractivity contribution in [1.82, 2.24) is 0 Å². The van der Waals surface area contributed by atoms with Crippen molar-refractivity contribution in [3.63, 3.8) is 0 Å². The maximum atomic E-state index is 13.7. The predicted octanol–water partition coefficient (Wildman–Crippen LogP) is 5.61. The molecule has 0 atom stereocenters. The zero-order valence-corrected chi connectivity index (χ0v) is 15.3. The highest BCUT2D eigenvalue weighted by molar-refractivity contribution is 5.87. The molecular weight excluding hydrogens is 319 g/mol. The molecule has 0 saturated heterocycles. The average Bonchev–Trinajstić information content (AvgIpc) is 2.60. The predicted molar refractivity (Wildman–Crippen MR) is 97.5 cm³/mol. The van der Waals surface area contributed by atoms with Crippen LogP contribution in [0, 0.1) is 11.7 Å². The molecular formula is C21H31FO3. The van der Waals surface area contributed by atoms with E-state index in [2.05, 4.69) is 6.92 Å². The Balaban J connectivity index is 1.65. The van der Waals surface area contributed by atoms with Crippen molar-refractivity contribution in [3.8, 4) is 0 Å². The molecule has 0 aliphatic heterocycles. The number of rotatable bonds is 10. The Labute approximate surface area is 150 Å². The smallest absolute Gasteiger partial charge is 0.338 e. The molecule has 1 aliphatic carbocycles. The van der Waals surface area contributed by atoms with E-state index in [-0.39, 0.29) is 5.56 Å². The minimum absolute atomic E-state index is 0.250. The summed E-state index contributed by atoms with van der Waals surface area (Å²) in [6, 6.07) is 4.47. The van der Waals surface area contributed by atoms with Gasteiger partial charge in [0.05, 0.1) is 11.7 Å². The Morgan fingerprint density at radius 3 is 2.60 bits per heavy atom. The first-order chi connectivity index (χ1) is 12.1. The molecule has 0 radical (unpaired) electrons. The summed E-state index contributed by atoms with van der Waals surface area (Å²) in [7, 11) is 0. The number of unbranched alkanes of at least 4 members (excludes halogenated alkanes) is 3. The summed E-state index contributed by atoms with van der Waals surface area (Å²) in [5.41, 5.74) is 0.636. The van der Waals surface area contributed by atoms with E-state index in [4.69, 9.17) is 9.84 Å². The molecule has 140 valence electrons. The van der Waals surface area contributed by atoms with Crippen LogP contribution in [0.1, 0.15) is 80.6 Å². The minimum Gasteiger partial charge on any atom is -0.478 e. The van der Waals surface area contributed by atoms with E-state index >= 15 is 0 Å². The fraction of sp³-hybridized carbons (Fsp3) is 0.667. The molecule has 1 fully saturated rings. The van der Waals surface area contributed by atoms with Crippen molar-refractivity contribution in [2.45, 2.75) is 77.2 Å². The van der Waals surface area contributed by atoms with Crippen LogP contribution in [0.15, 0.2) is 18.2 Å². The second kappa shape index (κ2) is 10.5. The van der Waals surface area contributed by atoms with E-state index in [1.165, 1.54) is 50.7 Å². The van der Waals surface area contributed by atoms with Gasteiger partial charge < -0.3 is 9.84 Å². The highest BCUT2D eigenvalue weighted by atomic mass is 19.1. The standard InChI is InChI=1S/C21H31FO3/c1-2-3-4-5-14-25-18-11-8-16(9-12-18)6-7-17-10-13-19(21(23)24)20(22)15-17/h10,13,15-16,18H,2-9,11-12,14H2,1H3,(H,23,24). The van der Waals surface area contributed by atoms with E-state index in [0.717, 1.165) is 37.9 Å². The first kappa shape index (κ1) is 19.9. The van der Waals surface area contributed by atoms with Crippen LogP contribution in [0.5, 0.6) is 0 Å². The highest BCUT2D eigenvalue weighted by Crippen LogP contribution is 2.30. The average molecular weight is 350 g/mol. The second-order valence-electron chi connectivity index (χ2n) is 7.23. The Kier molecular flexibility index (Phi) is 8.39. The highest BCUT2D eigenvalue weighted by Gasteiger charge is 2.21. The molecule has 1 aromatic carbocycles. The summed E-state index contributed by atoms with van der Waals surface area (Å²) >= 11 is 0. The molecule has 0 unspecified atom stereocenters. The lowest BCUT2D eigenvalue weighted by molar-refractivity contribution is 0.0154. The third kappa shape index (κ3) is 6.77. The van der Waals surface area contributed by atoms with Crippen LogP contribution in [0.25, 0.3) is 0 Å². The van der Waals surface area contributed by atoms with Gasteiger partial charge in [-0.25, -0.2) is 9.18 Å². The molecule has 0 aromatic heterocycles. The maximum absolute atomic E-state index is 13.7. The molecule has 1 saturated carbocycles. The Hall–Kier alpha value is -1.42. The van der Waals surface area contributed by atoms with Crippen LogP contribution in [0.3, 0.4) is 0 Å². The van der Waals surface area contributed by atoms with Gasteiger partial charge in [-0.15, -0.1) is 0 Å². The van der Waals surface area contributed by atoms with Gasteiger partial charge in [-0.1, -0.05) is 32.3 Å². The van der Waals surface area contributed by atoms with Crippen LogP contribution in [-0.2, 0) is 11.2 Å². The summed E-state index contributed by atoms with van der Waals surface area (Å²) in [6.45, 7) is 3.11. The lowest BCUT2D eigenvalue weighted by atomic mass is 9.83. The molecule has 3 nitrogen and oxygen atoms in total. The number of aryl methyl sites for hydroxylation is 1. The van der Waals surface area contributed by atoms with E-state index in [1.54, 1.807) is 6.07 Å². The first-order valence-electron chi connectivity index (χ1n) is 9.73. The van der Waals surface area contributed by atoms with Gasteiger partial charge in [0.2, 0.25) is 0 Å². The fourth-order valence-electron chi connectivity index (χ4n) is 3.62. The fourth-order valence-corrected chi connectivity index (χ4v) is 3.62. The van der Waals surface area contributed by atoms with Crippen molar-refractivity contribution in [1.29, 1.82) is 0 Å². The molecule has 25 heavy (non-hydrogen) atoms. The van der Waals surface area contributed by atoms with Crippen LogP contribution < -0.4 is 0 Å². The minimum atomic E-state index is -1.21. The zero-order valence-electron chi connectivity index (χ0n) is 15.3. The molecule has 4 heteroatoms. The van der Waals surface area contributed by atoms with Gasteiger partial charge >= 0.3 is 5.97 Å². The molecule has 1 aromatic rings. The van der Waals surface area contributed by atoms with Crippen LogP contribution in [0.4, 0.5) is 4.39 Å². The van der Waals surface area contributed by atoms with Gasteiger partial charge in [0.25, 0.3) is 0 Å². The number of ether oxygens (including phenoxy) is 1. The molecule has 0 amide bonds. The van der Waals surface area contributed by atoms with Crippen LogP contribution in [0.2, 0.25) is 0 Å². The molecule has 0 bridgehead atoms. The summed E-state index contributed by atoms with van der Waals surface area (Å²) in [4.78, 5) is 10.8. The SMILES string of the molecule is CCCCCCOC1CCC(CCc2ccc(C(=O)O)c(F)c2)CC1. The van der Waals surface area contributed by atoms with Crippen molar-refractivity contribution in [2.24, 2.45) is 5.92 Å². The Bertz CT molecular complexity index is 536. The van der Waals surface area contributed by atoms with E-state index in [0.29, 0.717) is 12.0 Å². The number of carbonyl (C=O) groups is 1.